The Bertz CT molecular complexity index is 737. The smallest absolute Gasteiger partial charge is 0.271 e. The number of hydrogen-bond donors (Lipinski definition) is 2. The van der Waals surface area contributed by atoms with Gasteiger partial charge in [0.25, 0.3) is 5.91 Å². The van der Waals surface area contributed by atoms with Crippen molar-refractivity contribution in [3.8, 4) is 5.75 Å². The normalized spacial score (nSPS) is 10.9. The number of phenolic OH excluding ortho intramolecular Hbond substituents is 1. The van der Waals surface area contributed by atoms with Gasteiger partial charge in [0.05, 0.1) is 16.3 Å². The molecule has 0 saturated carbocycles. The van der Waals surface area contributed by atoms with Gasteiger partial charge >= 0.3 is 0 Å². The molecule has 0 atom stereocenters. The van der Waals surface area contributed by atoms with E-state index in [0.29, 0.717) is 16.1 Å². The molecule has 0 aliphatic rings. The molecule has 2 aromatic carbocycles. The molecule has 0 bridgehead atoms. The fraction of sp³-hybridized carbons (Fsp3) is 0.0667. The molecule has 1 amide bonds. The van der Waals surface area contributed by atoms with Crippen LogP contribution in [0.5, 0.6) is 5.75 Å². The van der Waals surface area contributed by atoms with Crippen molar-refractivity contribution >= 4 is 46.9 Å². The lowest BCUT2D eigenvalue weighted by Crippen LogP contribution is -2.17. The molecule has 114 valence electrons. The fourth-order valence-corrected chi connectivity index (χ4v) is 2.31. The minimum absolute atomic E-state index is 0.102. The van der Waals surface area contributed by atoms with Gasteiger partial charge in [-0.1, -0.05) is 40.9 Å². The third-order valence-corrected chi connectivity index (χ3v) is 3.84. The lowest BCUT2D eigenvalue weighted by atomic mass is 10.1. The Labute approximate surface area is 142 Å². The third kappa shape index (κ3) is 3.91. The van der Waals surface area contributed by atoms with Crippen molar-refractivity contribution in [1.82, 2.24) is 5.43 Å². The van der Waals surface area contributed by atoms with E-state index in [1.54, 1.807) is 18.2 Å². The quantitative estimate of drug-likeness (QED) is 0.631. The minimum Gasteiger partial charge on any atom is -0.505 e. The molecule has 0 radical (unpaired) electrons. The molecule has 22 heavy (non-hydrogen) atoms. The molecule has 0 aliphatic carbocycles. The first-order valence-electron chi connectivity index (χ1n) is 6.16. The maximum absolute atomic E-state index is 11.9. The number of rotatable bonds is 3. The van der Waals surface area contributed by atoms with Crippen LogP contribution in [0, 0.1) is 6.92 Å². The number of nitrogens with zero attached hydrogens (tertiary/aromatic N) is 1. The summed E-state index contributed by atoms with van der Waals surface area (Å²) in [5.74, 6) is -0.590. The number of aromatic hydroxyl groups is 1. The zero-order chi connectivity index (χ0) is 16.3. The number of nitrogens with one attached hydrogen (secondary N) is 1. The number of halogens is 3. The highest BCUT2D eigenvalue weighted by Crippen LogP contribution is 2.32. The summed E-state index contributed by atoms with van der Waals surface area (Å²) >= 11 is 17.5. The molecule has 0 spiro atoms. The second-order valence-corrected chi connectivity index (χ2v) is 5.72. The molecule has 0 aliphatic heterocycles. The van der Waals surface area contributed by atoms with Crippen molar-refractivity contribution < 1.29 is 9.90 Å². The summed E-state index contributed by atoms with van der Waals surface area (Å²) in [7, 11) is 0. The van der Waals surface area contributed by atoms with Crippen molar-refractivity contribution in [3.63, 3.8) is 0 Å². The van der Waals surface area contributed by atoms with Crippen LogP contribution in [-0.4, -0.2) is 17.2 Å². The summed E-state index contributed by atoms with van der Waals surface area (Å²) in [4.78, 5) is 11.9. The number of aryl methyl sites for hydroxylation is 1. The van der Waals surface area contributed by atoms with E-state index in [-0.39, 0.29) is 15.8 Å². The molecule has 2 rings (SSSR count). The van der Waals surface area contributed by atoms with Gasteiger partial charge in [0.1, 0.15) is 0 Å². The van der Waals surface area contributed by atoms with Gasteiger partial charge in [-0.05, 0) is 42.3 Å². The molecular weight excluding hydrogens is 347 g/mol. The Hall–Kier alpha value is -1.75. The van der Waals surface area contributed by atoms with Gasteiger partial charge in [0.2, 0.25) is 0 Å². The Kier molecular flexibility index (Phi) is 5.29. The van der Waals surface area contributed by atoms with Gasteiger partial charge in [0, 0.05) is 10.6 Å². The van der Waals surface area contributed by atoms with Crippen molar-refractivity contribution in [2.75, 3.05) is 0 Å². The van der Waals surface area contributed by atoms with Crippen LogP contribution in [0.3, 0.4) is 0 Å². The van der Waals surface area contributed by atoms with Crippen molar-refractivity contribution in [1.29, 1.82) is 0 Å². The monoisotopic (exact) mass is 356 g/mol. The Morgan fingerprint density at radius 3 is 2.36 bits per heavy atom. The number of benzene rings is 2. The average Bonchev–Trinajstić information content (AvgIpc) is 2.47. The summed E-state index contributed by atoms with van der Waals surface area (Å²) in [6.07, 6.45) is 1.37. The molecule has 0 saturated heterocycles. The van der Waals surface area contributed by atoms with Gasteiger partial charge in [-0.2, -0.15) is 5.10 Å². The molecule has 0 fully saturated rings. The zero-order valence-corrected chi connectivity index (χ0v) is 13.7. The fourth-order valence-electron chi connectivity index (χ4n) is 1.62. The van der Waals surface area contributed by atoms with E-state index in [1.807, 2.05) is 6.92 Å². The van der Waals surface area contributed by atoms with Crippen LogP contribution in [-0.2, 0) is 0 Å². The molecule has 2 aromatic rings. The number of amides is 1. The summed E-state index contributed by atoms with van der Waals surface area (Å²) in [5, 5.41) is 14.0. The van der Waals surface area contributed by atoms with Crippen LogP contribution in [0.15, 0.2) is 35.4 Å². The number of phenols is 1. The number of carbonyl (C=O) groups excluding carboxylic acids is 1. The number of hydrazone groups is 1. The van der Waals surface area contributed by atoms with E-state index in [2.05, 4.69) is 10.5 Å². The molecule has 0 heterocycles. The Morgan fingerprint density at radius 2 is 1.77 bits per heavy atom. The largest absolute Gasteiger partial charge is 0.505 e. The van der Waals surface area contributed by atoms with Crippen LogP contribution < -0.4 is 5.43 Å². The van der Waals surface area contributed by atoms with Gasteiger partial charge in [0.15, 0.2) is 5.75 Å². The van der Waals surface area contributed by atoms with Gasteiger partial charge in [-0.3, -0.25) is 4.79 Å². The average molecular weight is 358 g/mol. The second kappa shape index (κ2) is 7.01. The summed E-state index contributed by atoms with van der Waals surface area (Å²) < 4.78 is 0. The van der Waals surface area contributed by atoms with Crippen molar-refractivity contribution in [2.45, 2.75) is 6.92 Å². The Morgan fingerprint density at radius 1 is 1.14 bits per heavy atom. The second-order valence-electron chi connectivity index (χ2n) is 4.50. The van der Waals surface area contributed by atoms with Gasteiger partial charge in [-0.15, -0.1) is 0 Å². The molecule has 4 nitrogen and oxygen atoms in total. The standard InChI is InChI=1S/C15H11Cl3N2O2/c1-8-2-3-10(6-11(8)16)15(22)20-19-7-9-4-12(17)14(21)13(18)5-9/h2-7,21H,1H3,(H,20,22)/b19-7-. The minimum atomic E-state index is -0.394. The van der Waals surface area contributed by atoms with E-state index in [0.717, 1.165) is 5.56 Å². The van der Waals surface area contributed by atoms with E-state index >= 15 is 0 Å². The van der Waals surface area contributed by atoms with Gasteiger partial charge < -0.3 is 5.11 Å². The maximum Gasteiger partial charge on any atom is 0.271 e. The first kappa shape index (κ1) is 16.6. The van der Waals surface area contributed by atoms with E-state index in [9.17, 15) is 9.90 Å². The molecule has 7 heteroatoms. The summed E-state index contributed by atoms with van der Waals surface area (Å²) in [6, 6.07) is 7.92. The predicted molar refractivity (Wildman–Crippen MR) is 89.4 cm³/mol. The van der Waals surface area contributed by atoms with Crippen LogP contribution in [0.1, 0.15) is 21.5 Å². The highest BCUT2D eigenvalue weighted by molar-refractivity contribution is 6.37. The first-order chi connectivity index (χ1) is 10.4. The van der Waals surface area contributed by atoms with Crippen LogP contribution >= 0.6 is 34.8 Å². The third-order valence-electron chi connectivity index (χ3n) is 2.85. The zero-order valence-electron chi connectivity index (χ0n) is 11.4. The van der Waals surface area contributed by atoms with Crippen LogP contribution in [0.2, 0.25) is 15.1 Å². The topological polar surface area (TPSA) is 61.7 Å². The van der Waals surface area contributed by atoms with Crippen LogP contribution in [0.25, 0.3) is 0 Å². The van der Waals surface area contributed by atoms with E-state index < -0.39 is 5.91 Å². The number of carbonyl (C=O) groups is 1. The van der Waals surface area contributed by atoms with Crippen LogP contribution in [0.4, 0.5) is 0 Å². The summed E-state index contributed by atoms with van der Waals surface area (Å²) in [6.45, 7) is 1.85. The molecular formula is C15H11Cl3N2O2. The number of hydrogen-bond acceptors (Lipinski definition) is 3. The Balaban J connectivity index is 2.09. The highest BCUT2D eigenvalue weighted by Gasteiger charge is 2.07. The predicted octanol–water partition coefficient (Wildman–Crippen LogP) is 4.42. The molecule has 0 aromatic heterocycles. The van der Waals surface area contributed by atoms with E-state index in [1.165, 1.54) is 18.3 Å². The van der Waals surface area contributed by atoms with Gasteiger partial charge in [-0.25, -0.2) is 5.43 Å². The lowest BCUT2D eigenvalue weighted by molar-refractivity contribution is 0.0955. The van der Waals surface area contributed by atoms with Crippen molar-refractivity contribution in [3.05, 3.63) is 62.1 Å². The molecule has 2 N–H and O–H groups in total. The molecule has 0 unspecified atom stereocenters. The maximum atomic E-state index is 11.9. The van der Waals surface area contributed by atoms with Crippen molar-refractivity contribution in [2.24, 2.45) is 5.10 Å². The lowest BCUT2D eigenvalue weighted by Gasteiger charge is -2.03. The van der Waals surface area contributed by atoms with E-state index in [4.69, 9.17) is 34.8 Å². The summed E-state index contributed by atoms with van der Waals surface area (Å²) in [5.41, 5.74) is 4.19. The first-order valence-corrected chi connectivity index (χ1v) is 7.29. The highest BCUT2D eigenvalue weighted by atomic mass is 35.5. The SMILES string of the molecule is Cc1ccc(C(=O)N/N=C\c2cc(Cl)c(O)c(Cl)c2)cc1Cl.